The van der Waals surface area contributed by atoms with E-state index >= 15 is 0 Å². The summed E-state index contributed by atoms with van der Waals surface area (Å²) in [5, 5.41) is 14.1. The first-order valence-electron chi connectivity index (χ1n) is 9.24. The van der Waals surface area contributed by atoms with E-state index in [4.69, 9.17) is 4.42 Å². The molecule has 0 bridgehead atoms. The van der Waals surface area contributed by atoms with Crippen LogP contribution in [0.25, 0.3) is 11.4 Å². The van der Waals surface area contributed by atoms with Gasteiger partial charge in [0, 0.05) is 12.1 Å². The first-order valence-corrected chi connectivity index (χ1v) is 10.2. The van der Waals surface area contributed by atoms with Gasteiger partial charge in [-0.15, -0.1) is 10.2 Å². The van der Waals surface area contributed by atoms with Crippen molar-refractivity contribution < 1.29 is 14.0 Å². The molecule has 0 saturated carbocycles. The third-order valence-electron chi connectivity index (χ3n) is 3.90. The van der Waals surface area contributed by atoms with Crippen molar-refractivity contribution in [2.45, 2.75) is 25.5 Å². The number of nitrogens with one attached hydrogen (secondary N) is 2. The number of hydrogen-bond donors (Lipinski definition) is 2. The van der Waals surface area contributed by atoms with E-state index in [0.29, 0.717) is 30.0 Å². The Hall–Kier alpha value is -3.07. The summed E-state index contributed by atoms with van der Waals surface area (Å²) in [5.74, 6) is 1.38. The predicted molar refractivity (Wildman–Crippen MR) is 110 cm³/mol. The lowest BCUT2D eigenvalue weighted by atomic mass is 10.2. The van der Waals surface area contributed by atoms with Gasteiger partial charge in [-0.25, -0.2) is 4.79 Å². The zero-order valence-electron chi connectivity index (χ0n) is 16.3. The van der Waals surface area contributed by atoms with Crippen LogP contribution in [-0.2, 0) is 11.3 Å². The van der Waals surface area contributed by atoms with E-state index in [-0.39, 0.29) is 5.75 Å². The molecule has 2 aromatic heterocycles. The fourth-order valence-electron chi connectivity index (χ4n) is 2.53. The van der Waals surface area contributed by atoms with Crippen LogP contribution in [0.15, 0.2) is 58.3 Å². The van der Waals surface area contributed by atoms with Crippen molar-refractivity contribution in [1.82, 2.24) is 25.4 Å². The minimum Gasteiger partial charge on any atom is -0.467 e. The van der Waals surface area contributed by atoms with Crippen LogP contribution in [0.4, 0.5) is 4.79 Å². The number of hydrogen-bond acceptors (Lipinski definition) is 6. The second-order valence-electron chi connectivity index (χ2n) is 6.78. The maximum Gasteiger partial charge on any atom is 0.321 e. The van der Waals surface area contributed by atoms with Crippen molar-refractivity contribution in [1.29, 1.82) is 0 Å². The topological polar surface area (TPSA) is 102 Å². The average molecular weight is 414 g/mol. The lowest BCUT2D eigenvalue weighted by molar-refractivity contribution is -0.117. The molecule has 0 aliphatic rings. The van der Waals surface area contributed by atoms with Gasteiger partial charge in [-0.3, -0.25) is 14.7 Å². The van der Waals surface area contributed by atoms with Crippen LogP contribution < -0.4 is 10.6 Å². The molecule has 0 aliphatic heterocycles. The number of benzene rings is 1. The zero-order chi connectivity index (χ0) is 20.6. The highest BCUT2D eigenvalue weighted by Crippen LogP contribution is 2.25. The van der Waals surface area contributed by atoms with E-state index in [9.17, 15) is 9.59 Å². The molecule has 3 rings (SSSR count). The van der Waals surface area contributed by atoms with Crippen LogP contribution in [0.2, 0.25) is 0 Å². The monoisotopic (exact) mass is 413 g/mol. The molecule has 152 valence electrons. The van der Waals surface area contributed by atoms with Crippen molar-refractivity contribution in [2.24, 2.45) is 5.92 Å². The van der Waals surface area contributed by atoms with Crippen molar-refractivity contribution in [3.8, 4) is 11.4 Å². The molecule has 0 spiro atoms. The smallest absolute Gasteiger partial charge is 0.321 e. The molecule has 0 fully saturated rings. The molecule has 0 saturated heterocycles. The number of carbonyl (C=O) groups is 2. The molecule has 2 heterocycles. The van der Waals surface area contributed by atoms with E-state index in [1.807, 2.05) is 60.9 Å². The molecule has 2 N–H and O–H groups in total. The molecule has 1 aromatic carbocycles. The van der Waals surface area contributed by atoms with E-state index in [1.54, 1.807) is 6.26 Å². The van der Waals surface area contributed by atoms with Gasteiger partial charge in [0.15, 0.2) is 11.0 Å². The minimum atomic E-state index is -0.494. The number of amides is 3. The number of furan rings is 1. The number of nitrogens with zero attached hydrogens (tertiary/aromatic N) is 3. The molecule has 3 aromatic rings. The Balaban J connectivity index is 1.69. The Bertz CT molecular complexity index is 938. The highest BCUT2D eigenvalue weighted by atomic mass is 32.2. The van der Waals surface area contributed by atoms with Crippen LogP contribution >= 0.6 is 11.8 Å². The Morgan fingerprint density at radius 3 is 2.62 bits per heavy atom. The van der Waals surface area contributed by atoms with Gasteiger partial charge in [-0.05, 0) is 18.1 Å². The van der Waals surface area contributed by atoms with E-state index < -0.39 is 11.9 Å². The van der Waals surface area contributed by atoms with Crippen LogP contribution in [0.3, 0.4) is 0 Å². The Labute approximate surface area is 173 Å². The molecule has 8 nitrogen and oxygen atoms in total. The van der Waals surface area contributed by atoms with E-state index in [2.05, 4.69) is 20.8 Å². The van der Waals surface area contributed by atoms with Gasteiger partial charge in [-0.2, -0.15) is 0 Å². The molecule has 29 heavy (non-hydrogen) atoms. The molecule has 3 amide bonds. The Morgan fingerprint density at radius 2 is 1.93 bits per heavy atom. The molecule has 0 radical (unpaired) electrons. The quantitative estimate of drug-likeness (QED) is 0.550. The summed E-state index contributed by atoms with van der Waals surface area (Å²) in [5.41, 5.74) is 0.913. The van der Waals surface area contributed by atoms with Crippen LogP contribution in [0.5, 0.6) is 0 Å². The summed E-state index contributed by atoms with van der Waals surface area (Å²) in [6, 6.07) is 12.9. The average Bonchev–Trinajstić information content (AvgIpc) is 3.36. The molecule has 0 unspecified atom stereocenters. The molecular formula is C20H23N5O3S. The van der Waals surface area contributed by atoms with Gasteiger partial charge in [0.1, 0.15) is 5.76 Å². The van der Waals surface area contributed by atoms with Gasteiger partial charge in [0.05, 0.1) is 18.6 Å². The fourth-order valence-corrected chi connectivity index (χ4v) is 3.27. The second-order valence-corrected chi connectivity index (χ2v) is 7.72. The number of carbonyl (C=O) groups excluding carboxylic acids is 2. The lowest BCUT2D eigenvalue weighted by Gasteiger charge is -2.10. The van der Waals surface area contributed by atoms with Gasteiger partial charge in [-0.1, -0.05) is 55.9 Å². The molecular weight excluding hydrogens is 390 g/mol. The van der Waals surface area contributed by atoms with Crippen molar-refractivity contribution >= 4 is 23.7 Å². The number of urea groups is 1. The summed E-state index contributed by atoms with van der Waals surface area (Å²) in [7, 11) is 0. The maximum absolute atomic E-state index is 12.1. The Kier molecular flexibility index (Phi) is 7.07. The maximum atomic E-state index is 12.1. The summed E-state index contributed by atoms with van der Waals surface area (Å²) in [6.45, 7) is 4.90. The van der Waals surface area contributed by atoms with Crippen LogP contribution in [0, 0.1) is 5.92 Å². The van der Waals surface area contributed by atoms with Crippen molar-refractivity contribution in [3.05, 3.63) is 54.5 Å². The van der Waals surface area contributed by atoms with Gasteiger partial charge >= 0.3 is 6.03 Å². The largest absolute Gasteiger partial charge is 0.467 e. The lowest BCUT2D eigenvalue weighted by Crippen LogP contribution is -2.41. The SMILES string of the molecule is CC(C)CNC(=O)NC(=O)CSc1nnc(-c2ccccc2)n1Cc1ccco1. The van der Waals surface area contributed by atoms with Crippen LogP contribution in [-0.4, -0.2) is 39.0 Å². The van der Waals surface area contributed by atoms with Crippen LogP contribution in [0.1, 0.15) is 19.6 Å². The van der Waals surface area contributed by atoms with Crippen molar-refractivity contribution in [2.75, 3.05) is 12.3 Å². The highest BCUT2D eigenvalue weighted by molar-refractivity contribution is 7.99. The number of imide groups is 1. The minimum absolute atomic E-state index is 0.0418. The third-order valence-corrected chi connectivity index (χ3v) is 4.87. The summed E-state index contributed by atoms with van der Waals surface area (Å²) in [6.07, 6.45) is 1.61. The standard InChI is InChI=1S/C20H23N5O3S/c1-14(2)11-21-19(27)22-17(26)13-29-20-24-23-18(15-7-4-3-5-8-15)25(20)12-16-9-6-10-28-16/h3-10,14H,11-13H2,1-2H3,(H2,21,22,26,27). The summed E-state index contributed by atoms with van der Waals surface area (Å²) in [4.78, 5) is 23.8. The third kappa shape index (κ3) is 5.95. The highest BCUT2D eigenvalue weighted by Gasteiger charge is 2.17. The fraction of sp³-hybridized carbons (Fsp3) is 0.300. The van der Waals surface area contributed by atoms with E-state index in [1.165, 1.54) is 11.8 Å². The van der Waals surface area contributed by atoms with Gasteiger partial charge in [0.25, 0.3) is 0 Å². The van der Waals surface area contributed by atoms with Crippen molar-refractivity contribution in [3.63, 3.8) is 0 Å². The zero-order valence-corrected chi connectivity index (χ0v) is 17.1. The van der Waals surface area contributed by atoms with E-state index in [0.717, 1.165) is 11.3 Å². The van der Waals surface area contributed by atoms with Gasteiger partial charge < -0.3 is 9.73 Å². The molecule has 0 atom stereocenters. The first kappa shape index (κ1) is 20.7. The summed E-state index contributed by atoms with van der Waals surface area (Å²) >= 11 is 1.21. The number of thioether (sulfide) groups is 1. The predicted octanol–water partition coefficient (Wildman–Crippen LogP) is 3.16. The Morgan fingerprint density at radius 1 is 1.14 bits per heavy atom. The molecule has 9 heteroatoms. The van der Waals surface area contributed by atoms with Gasteiger partial charge in [0.2, 0.25) is 5.91 Å². The summed E-state index contributed by atoms with van der Waals surface area (Å²) < 4.78 is 7.35. The normalized spacial score (nSPS) is 10.9. The number of aromatic nitrogens is 3. The number of rotatable bonds is 8. The second kappa shape index (κ2) is 9.92. The first-order chi connectivity index (χ1) is 14.0. The molecule has 0 aliphatic carbocycles.